The summed E-state index contributed by atoms with van der Waals surface area (Å²) in [7, 11) is 0. The standard InChI is InChI=1S/C16H12F2N2O3/c1-11(21)22-10-16(17,18)15-7-6-14(9-20-15)23-13-4-2-12(8-19)3-5-13/h2-7,9H,10H2,1H3. The van der Waals surface area contributed by atoms with Crippen molar-refractivity contribution in [3.63, 3.8) is 0 Å². The topological polar surface area (TPSA) is 72.2 Å². The number of nitrogens with zero attached hydrogens (tertiary/aromatic N) is 2. The first-order valence-corrected chi connectivity index (χ1v) is 6.56. The molecular weight excluding hydrogens is 306 g/mol. The number of aromatic nitrogens is 1. The fraction of sp³-hybridized carbons (Fsp3) is 0.188. The lowest BCUT2D eigenvalue weighted by Crippen LogP contribution is -2.23. The number of esters is 1. The lowest BCUT2D eigenvalue weighted by atomic mass is 10.2. The Hall–Kier alpha value is -3.01. The zero-order valence-electron chi connectivity index (χ0n) is 12.1. The van der Waals surface area contributed by atoms with Crippen LogP contribution in [0.15, 0.2) is 42.6 Å². The second-order valence-electron chi connectivity index (χ2n) is 4.60. The highest BCUT2D eigenvalue weighted by Gasteiger charge is 2.34. The number of rotatable bonds is 5. The van der Waals surface area contributed by atoms with Gasteiger partial charge in [0.2, 0.25) is 0 Å². The van der Waals surface area contributed by atoms with Crippen LogP contribution < -0.4 is 4.74 Å². The molecule has 1 aromatic carbocycles. The molecule has 0 fully saturated rings. The van der Waals surface area contributed by atoms with E-state index in [4.69, 9.17) is 10.00 Å². The van der Waals surface area contributed by atoms with E-state index in [1.54, 1.807) is 24.3 Å². The first-order chi connectivity index (χ1) is 10.9. The molecule has 0 unspecified atom stereocenters. The molecule has 7 heteroatoms. The van der Waals surface area contributed by atoms with Crippen molar-refractivity contribution in [3.8, 4) is 17.6 Å². The zero-order chi connectivity index (χ0) is 16.9. The van der Waals surface area contributed by atoms with Crippen LogP contribution in [0.25, 0.3) is 0 Å². The molecule has 118 valence electrons. The van der Waals surface area contributed by atoms with Crippen LogP contribution in [-0.4, -0.2) is 17.6 Å². The summed E-state index contributed by atoms with van der Waals surface area (Å²) in [4.78, 5) is 14.2. The Labute approximate surface area is 131 Å². The van der Waals surface area contributed by atoms with Crippen LogP contribution in [0.5, 0.6) is 11.5 Å². The van der Waals surface area contributed by atoms with Crippen LogP contribution in [-0.2, 0) is 15.5 Å². The summed E-state index contributed by atoms with van der Waals surface area (Å²) < 4.78 is 37.3. The Balaban J connectivity index is 2.06. The van der Waals surface area contributed by atoms with Gasteiger partial charge in [-0.15, -0.1) is 0 Å². The maximum atomic E-state index is 13.7. The number of halogens is 2. The Morgan fingerprint density at radius 3 is 2.39 bits per heavy atom. The molecule has 2 rings (SSSR count). The van der Waals surface area contributed by atoms with Gasteiger partial charge in [0, 0.05) is 6.92 Å². The van der Waals surface area contributed by atoms with E-state index in [1.807, 2.05) is 6.07 Å². The van der Waals surface area contributed by atoms with Crippen LogP contribution in [0.3, 0.4) is 0 Å². The third-order valence-electron chi connectivity index (χ3n) is 2.79. The predicted molar refractivity (Wildman–Crippen MR) is 76.0 cm³/mol. The molecule has 0 amide bonds. The van der Waals surface area contributed by atoms with Gasteiger partial charge < -0.3 is 9.47 Å². The third-order valence-corrected chi connectivity index (χ3v) is 2.79. The van der Waals surface area contributed by atoms with E-state index >= 15 is 0 Å². The van der Waals surface area contributed by atoms with Crippen LogP contribution in [0, 0.1) is 11.3 Å². The largest absolute Gasteiger partial charge is 0.459 e. The second kappa shape index (κ2) is 6.83. The van der Waals surface area contributed by atoms with Crippen molar-refractivity contribution in [1.29, 1.82) is 5.26 Å². The van der Waals surface area contributed by atoms with Crippen LogP contribution in [0.4, 0.5) is 8.78 Å². The average Bonchev–Trinajstić information content (AvgIpc) is 2.54. The van der Waals surface area contributed by atoms with E-state index in [9.17, 15) is 13.6 Å². The molecule has 0 radical (unpaired) electrons. The molecule has 0 N–H and O–H groups in total. The van der Waals surface area contributed by atoms with Gasteiger partial charge in [-0.2, -0.15) is 14.0 Å². The minimum Gasteiger partial charge on any atom is -0.459 e. The summed E-state index contributed by atoms with van der Waals surface area (Å²) in [6.45, 7) is -0.0107. The molecule has 0 spiro atoms. The molecule has 5 nitrogen and oxygen atoms in total. The normalized spacial score (nSPS) is 10.7. The molecule has 0 aliphatic rings. The minimum atomic E-state index is -3.38. The van der Waals surface area contributed by atoms with E-state index in [-0.39, 0.29) is 5.75 Å². The second-order valence-corrected chi connectivity index (χ2v) is 4.60. The van der Waals surface area contributed by atoms with Gasteiger partial charge in [-0.1, -0.05) is 0 Å². The molecular formula is C16H12F2N2O3. The lowest BCUT2D eigenvalue weighted by Gasteiger charge is -2.15. The van der Waals surface area contributed by atoms with Gasteiger partial charge in [0.25, 0.3) is 0 Å². The molecule has 23 heavy (non-hydrogen) atoms. The molecule has 1 aromatic heterocycles. The predicted octanol–water partition coefficient (Wildman–Crippen LogP) is 3.40. The molecule has 0 saturated carbocycles. The van der Waals surface area contributed by atoms with E-state index in [1.165, 1.54) is 6.07 Å². The number of benzene rings is 1. The van der Waals surface area contributed by atoms with Crippen molar-refractivity contribution in [3.05, 3.63) is 53.9 Å². The van der Waals surface area contributed by atoms with Gasteiger partial charge in [-0.3, -0.25) is 9.78 Å². The Bertz CT molecular complexity index is 722. The molecule has 0 aliphatic heterocycles. The molecule has 0 saturated heterocycles. The first kappa shape index (κ1) is 16.4. The monoisotopic (exact) mass is 318 g/mol. The molecule has 0 aliphatic carbocycles. The highest BCUT2D eigenvalue weighted by molar-refractivity contribution is 5.65. The van der Waals surface area contributed by atoms with Crippen molar-refractivity contribution in [1.82, 2.24) is 4.98 Å². The van der Waals surface area contributed by atoms with Gasteiger partial charge >= 0.3 is 11.9 Å². The summed E-state index contributed by atoms with van der Waals surface area (Å²) in [6, 6.07) is 10.7. The molecule has 0 bridgehead atoms. The smallest absolute Gasteiger partial charge is 0.322 e. The van der Waals surface area contributed by atoms with Crippen molar-refractivity contribution < 1.29 is 23.0 Å². The zero-order valence-corrected chi connectivity index (χ0v) is 12.1. The molecule has 1 heterocycles. The van der Waals surface area contributed by atoms with Crippen molar-refractivity contribution >= 4 is 5.97 Å². The quantitative estimate of drug-likeness (QED) is 0.790. The van der Waals surface area contributed by atoms with Crippen LogP contribution >= 0.6 is 0 Å². The highest BCUT2D eigenvalue weighted by Crippen LogP contribution is 2.29. The van der Waals surface area contributed by atoms with Crippen molar-refractivity contribution in [2.45, 2.75) is 12.8 Å². The van der Waals surface area contributed by atoms with Gasteiger partial charge in [0.05, 0.1) is 17.8 Å². The highest BCUT2D eigenvalue weighted by atomic mass is 19.3. The Kier molecular flexibility index (Phi) is 4.86. The van der Waals surface area contributed by atoms with E-state index in [0.717, 1.165) is 19.2 Å². The number of ether oxygens (including phenoxy) is 2. The van der Waals surface area contributed by atoms with E-state index in [2.05, 4.69) is 9.72 Å². The third kappa shape index (κ3) is 4.48. The number of carbonyl (C=O) groups excluding carboxylic acids is 1. The fourth-order valence-corrected chi connectivity index (χ4v) is 1.66. The summed E-state index contributed by atoms with van der Waals surface area (Å²) >= 11 is 0. The lowest BCUT2D eigenvalue weighted by molar-refractivity contribution is -0.154. The number of nitriles is 1. The van der Waals surface area contributed by atoms with Crippen molar-refractivity contribution in [2.24, 2.45) is 0 Å². The van der Waals surface area contributed by atoms with Gasteiger partial charge in [-0.25, -0.2) is 0 Å². The van der Waals surface area contributed by atoms with Crippen LogP contribution in [0.2, 0.25) is 0 Å². The molecule has 0 atom stereocenters. The summed E-state index contributed by atoms with van der Waals surface area (Å²) in [5.41, 5.74) is -0.0399. The number of pyridine rings is 1. The Morgan fingerprint density at radius 1 is 1.22 bits per heavy atom. The van der Waals surface area contributed by atoms with E-state index in [0.29, 0.717) is 11.3 Å². The van der Waals surface area contributed by atoms with Gasteiger partial charge in [-0.05, 0) is 36.4 Å². The Morgan fingerprint density at radius 2 is 1.87 bits per heavy atom. The number of alkyl halides is 2. The SMILES string of the molecule is CC(=O)OCC(F)(F)c1ccc(Oc2ccc(C#N)cc2)cn1. The van der Waals surface area contributed by atoms with Gasteiger partial charge in [0.1, 0.15) is 17.2 Å². The van der Waals surface area contributed by atoms with Crippen molar-refractivity contribution in [2.75, 3.05) is 6.61 Å². The first-order valence-electron chi connectivity index (χ1n) is 6.56. The summed E-state index contributed by atoms with van der Waals surface area (Å²) in [5.74, 6) is -3.45. The van der Waals surface area contributed by atoms with Crippen LogP contribution in [0.1, 0.15) is 18.2 Å². The minimum absolute atomic E-state index is 0.266. The maximum Gasteiger partial charge on any atom is 0.322 e. The number of hydrogen-bond donors (Lipinski definition) is 0. The maximum absolute atomic E-state index is 13.7. The fourth-order valence-electron chi connectivity index (χ4n) is 1.66. The number of hydrogen-bond acceptors (Lipinski definition) is 5. The average molecular weight is 318 g/mol. The van der Waals surface area contributed by atoms with Gasteiger partial charge in [0.15, 0.2) is 6.61 Å². The summed E-state index contributed by atoms with van der Waals surface area (Å²) in [6.07, 6.45) is 1.15. The molecule has 2 aromatic rings. The van der Waals surface area contributed by atoms with E-state index < -0.39 is 24.2 Å². The number of carbonyl (C=O) groups is 1. The summed E-state index contributed by atoms with van der Waals surface area (Å²) in [5, 5.41) is 8.70.